The van der Waals surface area contributed by atoms with Crippen molar-refractivity contribution in [1.82, 2.24) is 0 Å². The quantitative estimate of drug-likeness (QED) is 0.551. The third-order valence-corrected chi connectivity index (χ3v) is 4.39. The summed E-state index contributed by atoms with van der Waals surface area (Å²) >= 11 is 0. The van der Waals surface area contributed by atoms with Gasteiger partial charge in [-0.05, 0) is 40.0 Å². The van der Waals surface area contributed by atoms with E-state index in [0.717, 1.165) is 32.1 Å². The van der Waals surface area contributed by atoms with Crippen LogP contribution in [0.25, 0.3) is 0 Å². The molecule has 0 saturated carbocycles. The van der Waals surface area contributed by atoms with Gasteiger partial charge < -0.3 is 14.6 Å². The Hall–Kier alpha value is -0.610. The van der Waals surface area contributed by atoms with Crippen molar-refractivity contribution in [2.24, 2.45) is 5.92 Å². The minimum absolute atomic E-state index is 0.126. The monoisotopic (exact) mass is 300 g/mol. The molecule has 0 bridgehead atoms. The van der Waals surface area contributed by atoms with Crippen LogP contribution in [0.3, 0.4) is 0 Å². The minimum atomic E-state index is -0.622. The van der Waals surface area contributed by atoms with Gasteiger partial charge in [0.05, 0.1) is 23.9 Å². The summed E-state index contributed by atoms with van der Waals surface area (Å²) < 4.78 is 11.3. The van der Waals surface area contributed by atoms with E-state index >= 15 is 0 Å². The molecule has 0 radical (unpaired) electrons. The number of hydrogen-bond acceptors (Lipinski definition) is 4. The number of aliphatic hydroxyl groups excluding tert-OH is 1. The van der Waals surface area contributed by atoms with Crippen LogP contribution in [0.4, 0.5) is 0 Å². The third kappa shape index (κ3) is 5.59. The van der Waals surface area contributed by atoms with Gasteiger partial charge in [0.1, 0.15) is 0 Å². The molecule has 1 rings (SSSR count). The summed E-state index contributed by atoms with van der Waals surface area (Å²) in [5.74, 6) is -0.292. The van der Waals surface area contributed by atoms with Crippen LogP contribution in [0.2, 0.25) is 0 Å². The normalized spacial score (nSPS) is 27.3. The highest BCUT2D eigenvalue weighted by molar-refractivity contribution is 5.69. The molecule has 1 N–H and O–H groups in total. The van der Waals surface area contributed by atoms with E-state index in [2.05, 4.69) is 6.92 Å². The molecule has 0 aromatic heterocycles. The lowest BCUT2D eigenvalue weighted by Crippen LogP contribution is -2.46. The first kappa shape index (κ1) is 18.4. The first-order chi connectivity index (χ1) is 9.70. The zero-order chi connectivity index (χ0) is 16.1. The van der Waals surface area contributed by atoms with E-state index < -0.39 is 11.7 Å². The Balaban J connectivity index is 2.38. The van der Waals surface area contributed by atoms with Crippen molar-refractivity contribution >= 4 is 5.97 Å². The Bertz CT molecular complexity index is 340. The van der Waals surface area contributed by atoms with E-state index in [1.165, 1.54) is 0 Å². The number of rotatable bonds is 8. The zero-order valence-electron chi connectivity index (χ0n) is 14.3. The van der Waals surface area contributed by atoms with Crippen LogP contribution >= 0.6 is 0 Å². The van der Waals surface area contributed by atoms with Gasteiger partial charge in [0.2, 0.25) is 0 Å². The van der Waals surface area contributed by atoms with Crippen LogP contribution in [0, 0.1) is 5.92 Å². The molecule has 0 aromatic carbocycles. The maximum atomic E-state index is 11.6. The highest BCUT2D eigenvalue weighted by atomic mass is 16.5. The van der Waals surface area contributed by atoms with Gasteiger partial charge >= 0.3 is 5.97 Å². The molecular formula is C17H32O4. The number of ether oxygens (including phenoxy) is 2. The fraction of sp³-hybridized carbons (Fsp3) is 0.941. The van der Waals surface area contributed by atoms with E-state index in [0.29, 0.717) is 6.42 Å². The van der Waals surface area contributed by atoms with Crippen molar-refractivity contribution in [2.45, 2.75) is 90.4 Å². The Labute approximate surface area is 129 Å². The lowest BCUT2D eigenvalue weighted by molar-refractivity contribution is -0.162. The van der Waals surface area contributed by atoms with Crippen LogP contribution in [0.1, 0.15) is 73.1 Å². The molecule has 0 aromatic rings. The maximum absolute atomic E-state index is 11.6. The molecule has 0 spiro atoms. The van der Waals surface area contributed by atoms with Crippen molar-refractivity contribution < 1.29 is 19.4 Å². The lowest BCUT2D eigenvalue weighted by atomic mass is 9.87. The number of aliphatic hydroxyl groups is 1. The number of esters is 1. The average Bonchev–Trinajstić information content (AvgIpc) is 2.70. The molecule has 4 nitrogen and oxygen atoms in total. The molecule has 0 amide bonds. The fourth-order valence-electron chi connectivity index (χ4n) is 3.00. The summed E-state index contributed by atoms with van der Waals surface area (Å²) in [6.45, 7) is 10.3. The van der Waals surface area contributed by atoms with Crippen molar-refractivity contribution in [2.75, 3.05) is 6.61 Å². The van der Waals surface area contributed by atoms with Gasteiger partial charge in [-0.1, -0.05) is 26.7 Å². The van der Waals surface area contributed by atoms with Gasteiger partial charge in [0.15, 0.2) is 0 Å². The molecule has 0 aliphatic carbocycles. The molecule has 1 fully saturated rings. The van der Waals surface area contributed by atoms with Crippen molar-refractivity contribution in [3.05, 3.63) is 0 Å². The van der Waals surface area contributed by atoms with Crippen LogP contribution in [0.5, 0.6) is 0 Å². The summed E-state index contributed by atoms with van der Waals surface area (Å²) in [6.07, 6.45) is 4.63. The van der Waals surface area contributed by atoms with E-state index in [1.807, 2.05) is 27.7 Å². The standard InChI is InChI=1S/C17H32O4/c1-6-7-8-9-14(18)20-12-13(2)15(19)17(5)11-10-16(3,4)21-17/h13,15,19H,6-12H2,1-5H3/t13-,15+,17-/m0/s1. The Morgan fingerprint density at radius 2 is 1.95 bits per heavy atom. The smallest absolute Gasteiger partial charge is 0.305 e. The second-order valence-corrected chi connectivity index (χ2v) is 7.24. The lowest BCUT2D eigenvalue weighted by Gasteiger charge is -2.35. The Morgan fingerprint density at radius 3 is 2.48 bits per heavy atom. The van der Waals surface area contributed by atoms with Crippen molar-refractivity contribution in [1.29, 1.82) is 0 Å². The average molecular weight is 300 g/mol. The first-order valence-electron chi connectivity index (χ1n) is 8.24. The maximum Gasteiger partial charge on any atom is 0.305 e. The third-order valence-electron chi connectivity index (χ3n) is 4.39. The summed E-state index contributed by atoms with van der Waals surface area (Å²) in [5, 5.41) is 10.5. The summed E-state index contributed by atoms with van der Waals surface area (Å²) in [6, 6.07) is 0. The fourth-order valence-corrected chi connectivity index (χ4v) is 3.00. The second kappa shape index (κ2) is 7.59. The molecular weight excluding hydrogens is 268 g/mol. The van der Waals surface area contributed by atoms with E-state index in [4.69, 9.17) is 9.47 Å². The molecule has 1 aliphatic rings. The highest BCUT2D eigenvalue weighted by Crippen LogP contribution is 2.41. The summed E-state index contributed by atoms with van der Waals surface area (Å²) in [7, 11) is 0. The Morgan fingerprint density at radius 1 is 1.29 bits per heavy atom. The predicted molar refractivity (Wildman–Crippen MR) is 83.1 cm³/mol. The molecule has 4 heteroatoms. The Kier molecular flexibility index (Phi) is 6.67. The van der Waals surface area contributed by atoms with Crippen molar-refractivity contribution in [3.63, 3.8) is 0 Å². The molecule has 124 valence electrons. The van der Waals surface area contributed by atoms with Crippen LogP contribution in [0.15, 0.2) is 0 Å². The first-order valence-corrected chi connectivity index (χ1v) is 8.24. The van der Waals surface area contributed by atoms with Crippen molar-refractivity contribution in [3.8, 4) is 0 Å². The molecule has 1 aliphatic heterocycles. The van der Waals surface area contributed by atoms with Gasteiger partial charge in [0.25, 0.3) is 0 Å². The predicted octanol–water partition coefficient (Wildman–Crippen LogP) is 3.45. The van der Waals surface area contributed by atoms with E-state index in [-0.39, 0.29) is 24.1 Å². The van der Waals surface area contributed by atoms with Gasteiger partial charge in [-0.15, -0.1) is 0 Å². The SMILES string of the molecule is CCCCCC(=O)OC[C@H](C)[C@@H](O)[C@]1(C)CCC(C)(C)O1. The molecule has 0 unspecified atom stereocenters. The largest absolute Gasteiger partial charge is 0.465 e. The van der Waals surface area contributed by atoms with Gasteiger partial charge in [-0.3, -0.25) is 4.79 Å². The van der Waals surface area contributed by atoms with Crippen LogP contribution < -0.4 is 0 Å². The summed E-state index contributed by atoms with van der Waals surface area (Å²) in [5.41, 5.74) is -0.732. The second-order valence-electron chi connectivity index (χ2n) is 7.24. The molecule has 3 atom stereocenters. The molecule has 1 heterocycles. The number of carbonyl (C=O) groups is 1. The molecule has 21 heavy (non-hydrogen) atoms. The number of carbonyl (C=O) groups excluding carboxylic acids is 1. The topological polar surface area (TPSA) is 55.8 Å². The molecule has 1 saturated heterocycles. The summed E-state index contributed by atoms with van der Waals surface area (Å²) in [4.78, 5) is 11.6. The minimum Gasteiger partial charge on any atom is -0.465 e. The van der Waals surface area contributed by atoms with Crippen LogP contribution in [-0.2, 0) is 14.3 Å². The number of hydrogen-bond donors (Lipinski definition) is 1. The van der Waals surface area contributed by atoms with Crippen LogP contribution in [-0.4, -0.2) is 35.0 Å². The zero-order valence-corrected chi connectivity index (χ0v) is 14.3. The van der Waals surface area contributed by atoms with Gasteiger partial charge in [0, 0.05) is 12.3 Å². The van der Waals surface area contributed by atoms with E-state index in [1.54, 1.807) is 0 Å². The van der Waals surface area contributed by atoms with Gasteiger partial charge in [-0.25, -0.2) is 0 Å². The van der Waals surface area contributed by atoms with Gasteiger partial charge in [-0.2, -0.15) is 0 Å². The highest BCUT2D eigenvalue weighted by Gasteiger charge is 2.47. The van der Waals surface area contributed by atoms with E-state index in [9.17, 15) is 9.90 Å². The number of unbranched alkanes of at least 4 members (excludes halogenated alkanes) is 2.